The van der Waals surface area contributed by atoms with E-state index in [-0.39, 0.29) is 0 Å². The molecule has 3 heteroatoms. The summed E-state index contributed by atoms with van der Waals surface area (Å²) in [6, 6.07) is 0. The molecule has 0 saturated heterocycles. The number of nitrogens with zero attached hydrogens (tertiary/aromatic N) is 2. The molecule has 0 aromatic carbocycles. The van der Waals surface area contributed by atoms with Gasteiger partial charge in [0.15, 0.2) is 0 Å². The van der Waals surface area contributed by atoms with Crippen molar-refractivity contribution in [1.82, 2.24) is 0 Å². The van der Waals surface area contributed by atoms with Crippen LogP contribution in [-0.4, -0.2) is 11.7 Å². The van der Waals surface area contributed by atoms with Crippen molar-refractivity contribution in [2.24, 2.45) is 15.7 Å². The SMILES string of the molecule is C/C=C(C)\N=C1/CC=C(C)C(N)=N1. The number of aliphatic imine (C=N–C) groups is 2. The van der Waals surface area contributed by atoms with Crippen LogP contribution in [0.15, 0.2) is 33.4 Å². The summed E-state index contributed by atoms with van der Waals surface area (Å²) >= 11 is 0. The van der Waals surface area contributed by atoms with Gasteiger partial charge in [-0.15, -0.1) is 0 Å². The van der Waals surface area contributed by atoms with Gasteiger partial charge in [-0.3, -0.25) is 0 Å². The van der Waals surface area contributed by atoms with E-state index in [2.05, 4.69) is 9.98 Å². The number of hydrogen-bond acceptors (Lipinski definition) is 2. The number of amidine groups is 2. The number of nitrogens with two attached hydrogens (primary N) is 1. The molecule has 0 aromatic rings. The van der Waals surface area contributed by atoms with Crippen molar-refractivity contribution in [1.29, 1.82) is 0 Å². The third-order valence-corrected chi connectivity index (χ3v) is 1.97. The Morgan fingerprint density at radius 3 is 2.92 bits per heavy atom. The van der Waals surface area contributed by atoms with Gasteiger partial charge >= 0.3 is 0 Å². The Kier molecular flexibility index (Phi) is 3.01. The van der Waals surface area contributed by atoms with Crippen molar-refractivity contribution in [3.63, 3.8) is 0 Å². The lowest BCUT2D eigenvalue weighted by atomic mass is 10.2. The predicted molar refractivity (Wildman–Crippen MR) is 56.9 cm³/mol. The predicted octanol–water partition coefficient (Wildman–Crippen LogP) is 2.02. The average molecular weight is 177 g/mol. The minimum absolute atomic E-state index is 0.578. The van der Waals surface area contributed by atoms with Gasteiger partial charge in [-0.2, -0.15) is 0 Å². The molecule has 70 valence electrons. The highest BCUT2D eigenvalue weighted by Crippen LogP contribution is 2.08. The molecule has 0 aromatic heterocycles. The molecule has 3 nitrogen and oxygen atoms in total. The molecular weight excluding hydrogens is 162 g/mol. The minimum Gasteiger partial charge on any atom is -0.383 e. The third-order valence-electron chi connectivity index (χ3n) is 1.97. The molecule has 0 fully saturated rings. The van der Waals surface area contributed by atoms with E-state index in [1.165, 1.54) is 0 Å². The summed E-state index contributed by atoms with van der Waals surface area (Å²) in [4.78, 5) is 8.49. The van der Waals surface area contributed by atoms with Gasteiger partial charge in [-0.1, -0.05) is 12.2 Å². The molecule has 13 heavy (non-hydrogen) atoms. The largest absolute Gasteiger partial charge is 0.383 e. The number of allylic oxidation sites excluding steroid dienone is 2. The molecule has 0 aliphatic carbocycles. The molecule has 0 saturated carbocycles. The highest BCUT2D eigenvalue weighted by Gasteiger charge is 2.06. The van der Waals surface area contributed by atoms with E-state index < -0.39 is 0 Å². The number of hydrogen-bond donors (Lipinski definition) is 1. The summed E-state index contributed by atoms with van der Waals surface area (Å²) in [6.07, 6.45) is 4.77. The van der Waals surface area contributed by atoms with Crippen molar-refractivity contribution in [3.8, 4) is 0 Å². The second-order valence-electron chi connectivity index (χ2n) is 3.05. The van der Waals surface area contributed by atoms with Gasteiger partial charge in [0.25, 0.3) is 0 Å². The first-order chi connectivity index (χ1) is 6.13. The maximum Gasteiger partial charge on any atom is 0.134 e. The van der Waals surface area contributed by atoms with Crippen LogP contribution < -0.4 is 5.73 Å². The molecule has 0 amide bonds. The first-order valence-corrected chi connectivity index (χ1v) is 4.35. The van der Waals surface area contributed by atoms with Gasteiger partial charge in [0.2, 0.25) is 0 Å². The lowest BCUT2D eigenvalue weighted by Crippen LogP contribution is -2.19. The second kappa shape index (κ2) is 4.03. The Labute approximate surface area is 78.8 Å². The van der Waals surface area contributed by atoms with E-state index in [1.54, 1.807) is 0 Å². The van der Waals surface area contributed by atoms with Crippen LogP contribution in [0.3, 0.4) is 0 Å². The highest BCUT2D eigenvalue weighted by molar-refractivity contribution is 6.08. The summed E-state index contributed by atoms with van der Waals surface area (Å²) < 4.78 is 0. The molecular formula is C10H15N3. The van der Waals surface area contributed by atoms with Crippen molar-refractivity contribution < 1.29 is 0 Å². The fraction of sp³-hybridized carbons (Fsp3) is 0.400. The van der Waals surface area contributed by atoms with Crippen molar-refractivity contribution in [2.75, 3.05) is 0 Å². The van der Waals surface area contributed by atoms with Gasteiger partial charge in [0, 0.05) is 12.1 Å². The fourth-order valence-corrected chi connectivity index (χ4v) is 0.961. The maximum atomic E-state index is 5.67. The Morgan fingerprint density at radius 1 is 1.69 bits per heavy atom. The number of dihydropyridines is 1. The van der Waals surface area contributed by atoms with Crippen LogP contribution in [-0.2, 0) is 0 Å². The van der Waals surface area contributed by atoms with Crippen LogP contribution in [0.4, 0.5) is 0 Å². The topological polar surface area (TPSA) is 50.7 Å². The molecule has 2 N–H and O–H groups in total. The van der Waals surface area contributed by atoms with E-state index in [1.807, 2.05) is 32.9 Å². The van der Waals surface area contributed by atoms with Crippen LogP contribution >= 0.6 is 0 Å². The summed E-state index contributed by atoms with van der Waals surface area (Å²) in [5, 5.41) is 0. The maximum absolute atomic E-state index is 5.67. The van der Waals surface area contributed by atoms with Gasteiger partial charge < -0.3 is 5.73 Å². The Hall–Kier alpha value is -1.38. The average Bonchev–Trinajstić information content (AvgIpc) is 2.11. The summed E-state index contributed by atoms with van der Waals surface area (Å²) in [6.45, 7) is 5.86. The minimum atomic E-state index is 0.578. The fourth-order valence-electron chi connectivity index (χ4n) is 0.961. The van der Waals surface area contributed by atoms with Gasteiger partial charge in [-0.05, 0) is 26.3 Å². The van der Waals surface area contributed by atoms with Crippen molar-refractivity contribution >= 4 is 11.7 Å². The first-order valence-electron chi connectivity index (χ1n) is 4.35. The quantitative estimate of drug-likeness (QED) is 0.654. The van der Waals surface area contributed by atoms with Crippen LogP contribution in [0.2, 0.25) is 0 Å². The molecule has 0 radical (unpaired) electrons. The molecule has 0 atom stereocenters. The zero-order valence-corrected chi connectivity index (χ0v) is 8.33. The normalized spacial score (nSPS) is 21.5. The smallest absolute Gasteiger partial charge is 0.134 e. The van der Waals surface area contributed by atoms with Gasteiger partial charge in [-0.25, -0.2) is 9.98 Å². The first kappa shape index (κ1) is 9.71. The molecule has 0 spiro atoms. The summed E-state index contributed by atoms with van der Waals surface area (Å²) in [5.41, 5.74) is 7.68. The van der Waals surface area contributed by atoms with Crippen molar-refractivity contribution in [3.05, 3.63) is 23.4 Å². The molecule has 0 bridgehead atoms. The number of rotatable bonds is 1. The van der Waals surface area contributed by atoms with Crippen LogP contribution in [0.25, 0.3) is 0 Å². The van der Waals surface area contributed by atoms with E-state index in [4.69, 9.17) is 5.73 Å². The lowest BCUT2D eigenvalue weighted by Gasteiger charge is -2.08. The molecule has 1 aliphatic rings. The molecule has 1 heterocycles. The van der Waals surface area contributed by atoms with Crippen molar-refractivity contribution in [2.45, 2.75) is 27.2 Å². The second-order valence-corrected chi connectivity index (χ2v) is 3.05. The van der Waals surface area contributed by atoms with Gasteiger partial charge in [0.1, 0.15) is 11.7 Å². The molecule has 1 rings (SSSR count). The van der Waals surface area contributed by atoms with Gasteiger partial charge in [0.05, 0.1) is 0 Å². The summed E-state index contributed by atoms with van der Waals surface area (Å²) in [5.74, 6) is 1.37. The molecule has 1 aliphatic heterocycles. The third kappa shape index (κ3) is 2.54. The van der Waals surface area contributed by atoms with Crippen LogP contribution in [0, 0.1) is 0 Å². The lowest BCUT2D eigenvalue weighted by molar-refractivity contribution is 1.21. The highest BCUT2D eigenvalue weighted by atomic mass is 15.0. The van der Waals surface area contributed by atoms with Crippen LogP contribution in [0.5, 0.6) is 0 Å². The zero-order valence-electron chi connectivity index (χ0n) is 8.33. The van der Waals surface area contributed by atoms with E-state index in [0.29, 0.717) is 5.84 Å². The Bertz CT molecular complexity index is 319. The Morgan fingerprint density at radius 2 is 2.38 bits per heavy atom. The van der Waals surface area contributed by atoms with E-state index in [0.717, 1.165) is 23.5 Å². The van der Waals surface area contributed by atoms with E-state index in [9.17, 15) is 0 Å². The summed E-state index contributed by atoms with van der Waals surface area (Å²) in [7, 11) is 0. The van der Waals surface area contributed by atoms with E-state index >= 15 is 0 Å². The van der Waals surface area contributed by atoms with Crippen LogP contribution in [0.1, 0.15) is 27.2 Å². The molecule has 0 unspecified atom stereocenters. The Balaban J connectivity index is 2.85. The monoisotopic (exact) mass is 177 g/mol. The zero-order chi connectivity index (χ0) is 9.84. The standard InChI is InChI=1S/C10H15N3/c1-4-8(3)12-9-6-5-7(2)10(11)13-9/h4-5H,6H2,1-3H3,(H2,11,12,13)/b8-4-.